The molecule has 7 heteroatoms. The topological polar surface area (TPSA) is 49.9 Å². The molecule has 2 fully saturated rings. The molecule has 1 heterocycles. The first-order valence-corrected chi connectivity index (χ1v) is 7.61. The average molecular weight is 318 g/mol. The molecular weight excluding hydrogens is 294 g/mol. The lowest BCUT2D eigenvalue weighted by molar-refractivity contribution is -0.160. The largest absolute Gasteiger partial charge is 0.444 e. The fourth-order valence-electron chi connectivity index (χ4n) is 2.85. The zero-order valence-corrected chi connectivity index (χ0v) is 13.6. The van der Waals surface area contributed by atoms with Gasteiger partial charge >= 0.3 is 6.09 Å². The molecule has 1 atom stereocenters. The summed E-state index contributed by atoms with van der Waals surface area (Å²) in [7, 11) is 1.63. The summed E-state index contributed by atoms with van der Waals surface area (Å²) in [6, 6.07) is -0.130. The van der Waals surface area contributed by atoms with Crippen LogP contribution in [-0.4, -0.2) is 59.5 Å². The van der Waals surface area contributed by atoms with Gasteiger partial charge in [0.15, 0.2) is 0 Å². The first-order chi connectivity index (χ1) is 9.98. The van der Waals surface area contributed by atoms with E-state index in [9.17, 15) is 18.4 Å². The summed E-state index contributed by atoms with van der Waals surface area (Å²) < 4.78 is 31.1. The van der Waals surface area contributed by atoms with Crippen LogP contribution in [0.5, 0.6) is 0 Å². The van der Waals surface area contributed by atoms with Crippen LogP contribution in [0.3, 0.4) is 0 Å². The van der Waals surface area contributed by atoms with Crippen LogP contribution in [-0.2, 0) is 9.53 Å². The minimum absolute atomic E-state index is 0.130. The summed E-state index contributed by atoms with van der Waals surface area (Å²) in [5.41, 5.74) is -0.561. The molecule has 0 spiro atoms. The van der Waals surface area contributed by atoms with Crippen LogP contribution >= 0.6 is 0 Å². The number of nitrogens with zero attached hydrogens (tertiary/aromatic N) is 2. The molecule has 5 nitrogen and oxygen atoms in total. The highest BCUT2D eigenvalue weighted by Gasteiger charge is 2.50. The third-order valence-corrected chi connectivity index (χ3v) is 4.15. The highest BCUT2D eigenvalue weighted by Crippen LogP contribution is 2.43. The predicted molar refractivity (Wildman–Crippen MR) is 76.7 cm³/mol. The number of likely N-dealkylation sites (N-methyl/N-ethyl adjacent to an activating group) is 1. The smallest absolute Gasteiger partial charge is 0.410 e. The fourth-order valence-corrected chi connectivity index (χ4v) is 2.85. The maximum Gasteiger partial charge on any atom is 0.410 e. The lowest BCUT2D eigenvalue weighted by atomic mass is 9.80. The highest BCUT2D eigenvalue weighted by atomic mass is 19.3. The van der Waals surface area contributed by atoms with Gasteiger partial charge in [0.05, 0.1) is 6.04 Å². The van der Waals surface area contributed by atoms with Gasteiger partial charge in [-0.15, -0.1) is 0 Å². The number of amides is 2. The first-order valence-electron chi connectivity index (χ1n) is 7.61. The van der Waals surface area contributed by atoms with Gasteiger partial charge in [0, 0.05) is 38.9 Å². The third-order valence-electron chi connectivity index (χ3n) is 4.15. The normalized spacial score (nSPS) is 24.8. The van der Waals surface area contributed by atoms with E-state index in [1.165, 1.54) is 4.90 Å². The van der Waals surface area contributed by atoms with Crippen molar-refractivity contribution in [3.05, 3.63) is 0 Å². The monoisotopic (exact) mass is 318 g/mol. The molecule has 0 radical (unpaired) electrons. The van der Waals surface area contributed by atoms with E-state index in [1.54, 1.807) is 32.7 Å². The predicted octanol–water partition coefficient (Wildman–Crippen LogP) is 2.50. The van der Waals surface area contributed by atoms with Gasteiger partial charge in [-0.05, 0) is 27.2 Å². The Bertz CT molecular complexity index is 454. The van der Waals surface area contributed by atoms with E-state index < -0.39 is 23.5 Å². The SMILES string of the molecule is CN(C(=O)C1CC(F)(F)C1)[C@H]1CCN(C(=O)OC(C)(C)C)C1. The van der Waals surface area contributed by atoms with Crippen LogP contribution in [0.25, 0.3) is 0 Å². The molecule has 1 aliphatic heterocycles. The lowest BCUT2D eigenvalue weighted by Gasteiger charge is -2.37. The lowest BCUT2D eigenvalue weighted by Crippen LogP contribution is -2.49. The van der Waals surface area contributed by atoms with Crippen LogP contribution in [0.1, 0.15) is 40.0 Å². The Morgan fingerprint density at radius 1 is 1.27 bits per heavy atom. The first kappa shape index (κ1) is 17.0. The van der Waals surface area contributed by atoms with Crippen molar-refractivity contribution in [2.45, 2.75) is 57.6 Å². The van der Waals surface area contributed by atoms with Crippen molar-refractivity contribution < 1.29 is 23.1 Å². The Balaban J connectivity index is 1.85. The molecule has 2 aliphatic rings. The van der Waals surface area contributed by atoms with Crippen molar-refractivity contribution in [2.24, 2.45) is 5.92 Å². The molecule has 1 saturated carbocycles. The molecule has 1 aliphatic carbocycles. The number of hydrogen-bond donors (Lipinski definition) is 0. The second kappa shape index (κ2) is 5.66. The van der Waals surface area contributed by atoms with Crippen molar-refractivity contribution in [1.82, 2.24) is 9.80 Å². The molecule has 22 heavy (non-hydrogen) atoms. The summed E-state index contributed by atoms with van der Waals surface area (Å²) >= 11 is 0. The Kier molecular flexibility index (Phi) is 4.37. The summed E-state index contributed by atoms with van der Waals surface area (Å²) in [5, 5.41) is 0. The van der Waals surface area contributed by atoms with E-state index in [1.807, 2.05) is 0 Å². The molecule has 126 valence electrons. The van der Waals surface area contributed by atoms with Gasteiger partial charge in [0.25, 0.3) is 0 Å². The van der Waals surface area contributed by atoms with Gasteiger partial charge in [-0.2, -0.15) is 0 Å². The third kappa shape index (κ3) is 3.87. The average Bonchev–Trinajstić information content (AvgIpc) is 2.81. The van der Waals surface area contributed by atoms with Gasteiger partial charge in [0.2, 0.25) is 11.8 Å². The Hall–Kier alpha value is -1.40. The van der Waals surface area contributed by atoms with Crippen molar-refractivity contribution in [3.8, 4) is 0 Å². The number of carbonyl (C=O) groups excluding carboxylic acids is 2. The molecule has 0 aromatic rings. The van der Waals surface area contributed by atoms with Crippen LogP contribution in [0, 0.1) is 5.92 Å². The zero-order chi connectivity index (χ0) is 16.7. The van der Waals surface area contributed by atoms with Crippen molar-refractivity contribution in [2.75, 3.05) is 20.1 Å². The standard InChI is InChI=1S/C15H24F2N2O3/c1-14(2,3)22-13(21)19-6-5-11(9-19)18(4)12(20)10-7-15(16,17)8-10/h10-11H,5-9H2,1-4H3/t11-/m0/s1. The maximum atomic E-state index is 12.9. The molecule has 0 unspecified atom stereocenters. The molecule has 0 aromatic carbocycles. The van der Waals surface area contributed by atoms with Crippen molar-refractivity contribution >= 4 is 12.0 Å². The Morgan fingerprint density at radius 3 is 2.36 bits per heavy atom. The second-order valence-corrected chi connectivity index (χ2v) is 7.28. The molecule has 1 saturated heterocycles. The second-order valence-electron chi connectivity index (χ2n) is 7.28. The quantitative estimate of drug-likeness (QED) is 0.786. The summed E-state index contributed by atoms with van der Waals surface area (Å²) in [4.78, 5) is 27.2. The Morgan fingerprint density at radius 2 is 1.86 bits per heavy atom. The molecular formula is C15H24F2N2O3. The van der Waals surface area contributed by atoms with Crippen molar-refractivity contribution in [3.63, 3.8) is 0 Å². The van der Waals surface area contributed by atoms with E-state index >= 15 is 0 Å². The number of likely N-dealkylation sites (tertiary alicyclic amines) is 1. The van der Waals surface area contributed by atoms with E-state index in [4.69, 9.17) is 4.74 Å². The van der Waals surface area contributed by atoms with Crippen molar-refractivity contribution in [1.29, 1.82) is 0 Å². The number of halogens is 2. The summed E-state index contributed by atoms with van der Waals surface area (Å²) in [6.45, 7) is 6.29. The summed E-state index contributed by atoms with van der Waals surface area (Å²) in [5.74, 6) is -3.53. The molecule has 0 aromatic heterocycles. The van der Waals surface area contributed by atoms with E-state index in [0.29, 0.717) is 19.5 Å². The number of ether oxygens (including phenoxy) is 1. The maximum absolute atomic E-state index is 12.9. The molecule has 0 N–H and O–H groups in total. The molecule has 2 amide bonds. The van der Waals surface area contributed by atoms with Crippen LogP contribution < -0.4 is 0 Å². The van der Waals surface area contributed by atoms with Gasteiger partial charge < -0.3 is 14.5 Å². The zero-order valence-electron chi connectivity index (χ0n) is 13.6. The van der Waals surface area contributed by atoms with Gasteiger partial charge in [-0.1, -0.05) is 0 Å². The van der Waals surface area contributed by atoms with Gasteiger partial charge in [0.1, 0.15) is 5.60 Å². The van der Waals surface area contributed by atoms with Crippen LogP contribution in [0.2, 0.25) is 0 Å². The van der Waals surface area contributed by atoms with Gasteiger partial charge in [-0.25, -0.2) is 13.6 Å². The fraction of sp³-hybridized carbons (Fsp3) is 0.867. The van der Waals surface area contributed by atoms with Gasteiger partial charge in [-0.3, -0.25) is 4.79 Å². The number of alkyl halides is 2. The van der Waals surface area contributed by atoms with Crippen LogP contribution in [0.4, 0.5) is 13.6 Å². The molecule has 0 bridgehead atoms. The highest BCUT2D eigenvalue weighted by molar-refractivity contribution is 5.80. The molecule has 2 rings (SSSR count). The Labute approximate surface area is 129 Å². The number of carbonyl (C=O) groups is 2. The minimum atomic E-state index is -2.70. The van der Waals surface area contributed by atoms with E-state index in [-0.39, 0.29) is 24.8 Å². The summed E-state index contributed by atoms with van der Waals surface area (Å²) in [6.07, 6.45) is -0.479. The van der Waals surface area contributed by atoms with Crippen LogP contribution in [0.15, 0.2) is 0 Å². The van der Waals surface area contributed by atoms with E-state index in [2.05, 4.69) is 0 Å². The number of hydrogen-bond acceptors (Lipinski definition) is 3. The minimum Gasteiger partial charge on any atom is -0.444 e. The van der Waals surface area contributed by atoms with E-state index in [0.717, 1.165) is 0 Å². The number of rotatable bonds is 2.